The van der Waals surface area contributed by atoms with Crippen LogP contribution >= 0.6 is 0 Å². The van der Waals surface area contributed by atoms with Crippen molar-refractivity contribution >= 4 is 11.7 Å². The number of hydrogen-bond acceptors (Lipinski definition) is 5. The molecule has 1 N–H and O–H groups in total. The van der Waals surface area contributed by atoms with Crippen LogP contribution in [0.25, 0.3) is 0 Å². The van der Waals surface area contributed by atoms with Crippen LogP contribution in [-0.4, -0.2) is 53.6 Å². The summed E-state index contributed by atoms with van der Waals surface area (Å²) in [7, 11) is 2.97. The molecule has 3 heterocycles. The summed E-state index contributed by atoms with van der Waals surface area (Å²) in [5.74, 6) is 1.11. The van der Waals surface area contributed by atoms with E-state index < -0.39 is 18.3 Å². The summed E-state index contributed by atoms with van der Waals surface area (Å²) in [5.41, 5.74) is 0.654. The smallest absolute Gasteiger partial charge is 0.410 e. The van der Waals surface area contributed by atoms with Gasteiger partial charge in [-0.1, -0.05) is 13.0 Å². The summed E-state index contributed by atoms with van der Waals surface area (Å²) in [6.07, 6.45) is -2.90. The molecule has 33 heavy (non-hydrogen) atoms. The Labute approximate surface area is 190 Å². The van der Waals surface area contributed by atoms with Crippen molar-refractivity contribution in [1.82, 2.24) is 14.7 Å². The molecule has 10 heteroatoms. The summed E-state index contributed by atoms with van der Waals surface area (Å²) in [4.78, 5) is 14.9. The Kier molecular flexibility index (Phi) is 6.20. The van der Waals surface area contributed by atoms with Gasteiger partial charge in [-0.25, -0.2) is 4.68 Å². The van der Waals surface area contributed by atoms with E-state index in [0.29, 0.717) is 29.5 Å². The van der Waals surface area contributed by atoms with Gasteiger partial charge in [0.05, 0.1) is 20.3 Å². The Balaban J connectivity index is 1.67. The summed E-state index contributed by atoms with van der Waals surface area (Å²) in [6, 6.07) is 4.00. The number of nitrogens with one attached hydrogen (secondary N) is 1. The average Bonchev–Trinajstić information content (AvgIpc) is 3.22. The topological polar surface area (TPSA) is 68.6 Å². The molecule has 4 rings (SSSR count). The third-order valence-electron chi connectivity index (χ3n) is 6.60. The molecule has 1 aromatic heterocycles. The number of fused-ring (bicyclic) bond motifs is 1. The molecule has 0 spiro atoms. The highest BCUT2D eigenvalue weighted by Gasteiger charge is 2.47. The first-order valence-electron chi connectivity index (χ1n) is 11.1. The first-order chi connectivity index (χ1) is 15.6. The van der Waals surface area contributed by atoms with Gasteiger partial charge in [0.15, 0.2) is 23.2 Å². The number of carbonyl (C=O) groups excluding carboxylic acids is 1. The Morgan fingerprint density at radius 2 is 1.85 bits per heavy atom. The molecular formula is C23H29F3N4O3. The number of rotatable bonds is 4. The summed E-state index contributed by atoms with van der Waals surface area (Å²) in [6.45, 7) is 4.61. The van der Waals surface area contributed by atoms with Crippen LogP contribution in [0.4, 0.5) is 19.0 Å². The molecule has 2 aromatic rings. The van der Waals surface area contributed by atoms with Crippen LogP contribution in [0.5, 0.6) is 11.5 Å². The SMILES string of the molecule is COc1ccc([C@@H]2C[C@H](C(F)(F)F)n3nc(C(=O)N4C[C@H](C)CC[C@@H]4C)cc3N2)cc1OC. The third-order valence-corrected chi connectivity index (χ3v) is 6.60. The van der Waals surface area contributed by atoms with E-state index in [1.165, 1.54) is 20.3 Å². The van der Waals surface area contributed by atoms with Gasteiger partial charge in [0.1, 0.15) is 5.82 Å². The minimum Gasteiger partial charge on any atom is -0.493 e. The van der Waals surface area contributed by atoms with E-state index in [1.54, 1.807) is 23.1 Å². The third kappa shape index (κ3) is 4.47. The van der Waals surface area contributed by atoms with Crippen molar-refractivity contribution in [3.8, 4) is 11.5 Å². The number of anilines is 1. The lowest BCUT2D eigenvalue weighted by atomic mass is 9.95. The molecule has 0 unspecified atom stereocenters. The molecule has 4 atom stereocenters. The maximum absolute atomic E-state index is 14.0. The van der Waals surface area contributed by atoms with Crippen molar-refractivity contribution in [2.45, 2.75) is 57.4 Å². The van der Waals surface area contributed by atoms with Crippen molar-refractivity contribution in [3.63, 3.8) is 0 Å². The van der Waals surface area contributed by atoms with E-state index >= 15 is 0 Å². The molecule has 2 aliphatic heterocycles. The van der Waals surface area contributed by atoms with Crippen molar-refractivity contribution < 1.29 is 27.4 Å². The van der Waals surface area contributed by atoms with E-state index in [4.69, 9.17) is 9.47 Å². The molecule has 1 aromatic carbocycles. The van der Waals surface area contributed by atoms with Crippen LogP contribution in [-0.2, 0) is 0 Å². The van der Waals surface area contributed by atoms with Gasteiger partial charge in [0.25, 0.3) is 5.91 Å². The predicted molar refractivity (Wildman–Crippen MR) is 117 cm³/mol. The van der Waals surface area contributed by atoms with Gasteiger partial charge in [0.2, 0.25) is 0 Å². The number of halogens is 3. The molecule has 1 saturated heterocycles. The quantitative estimate of drug-likeness (QED) is 0.700. The van der Waals surface area contributed by atoms with Gasteiger partial charge in [-0.2, -0.15) is 18.3 Å². The number of alkyl halides is 3. The van der Waals surface area contributed by atoms with Crippen molar-refractivity contribution in [2.24, 2.45) is 5.92 Å². The zero-order valence-electron chi connectivity index (χ0n) is 19.1. The molecule has 7 nitrogen and oxygen atoms in total. The number of piperidine rings is 1. The van der Waals surface area contributed by atoms with Gasteiger partial charge in [-0.15, -0.1) is 0 Å². The zero-order chi connectivity index (χ0) is 23.9. The van der Waals surface area contributed by atoms with Crippen molar-refractivity contribution in [3.05, 3.63) is 35.5 Å². The van der Waals surface area contributed by atoms with Crippen molar-refractivity contribution in [2.75, 3.05) is 26.1 Å². The fourth-order valence-corrected chi connectivity index (χ4v) is 4.68. The largest absolute Gasteiger partial charge is 0.493 e. The number of hydrogen-bond donors (Lipinski definition) is 1. The lowest BCUT2D eigenvalue weighted by molar-refractivity contribution is -0.173. The lowest BCUT2D eigenvalue weighted by Gasteiger charge is -2.36. The van der Waals surface area contributed by atoms with Crippen LogP contribution in [0.2, 0.25) is 0 Å². The molecular weight excluding hydrogens is 437 g/mol. The standard InChI is InChI=1S/C23H29F3N4O3/c1-13-5-6-14(2)29(12-13)22(31)17-11-21-27-16(10-20(23(24,25)26)30(21)28-17)15-7-8-18(32-3)19(9-15)33-4/h7-9,11,13-14,16,20,27H,5-6,10,12H2,1-4H3/t13-,14+,16+,20-/m1/s1. The highest BCUT2D eigenvalue weighted by molar-refractivity contribution is 5.93. The Hall–Kier alpha value is -2.91. The average molecular weight is 467 g/mol. The number of methoxy groups -OCH3 is 2. The zero-order valence-corrected chi connectivity index (χ0v) is 19.1. The van der Waals surface area contributed by atoms with Crippen LogP contribution in [0.3, 0.4) is 0 Å². The number of benzene rings is 1. The van der Waals surface area contributed by atoms with Gasteiger partial charge < -0.3 is 19.7 Å². The Bertz CT molecular complexity index is 1020. The van der Waals surface area contributed by atoms with E-state index in [9.17, 15) is 18.0 Å². The van der Waals surface area contributed by atoms with E-state index in [2.05, 4.69) is 17.3 Å². The maximum atomic E-state index is 14.0. The number of nitrogens with zero attached hydrogens (tertiary/aromatic N) is 3. The van der Waals surface area contributed by atoms with E-state index in [0.717, 1.165) is 17.5 Å². The first kappa shape index (κ1) is 23.3. The number of carbonyl (C=O) groups is 1. The number of ether oxygens (including phenoxy) is 2. The fourth-order valence-electron chi connectivity index (χ4n) is 4.68. The highest BCUT2D eigenvalue weighted by atomic mass is 19.4. The molecule has 1 fully saturated rings. The fraction of sp³-hybridized carbons (Fsp3) is 0.565. The van der Waals surface area contributed by atoms with E-state index in [1.807, 2.05) is 6.92 Å². The summed E-state index contributed by atoms with van der Waals surface area (Å²) < 4.78 is 53.5. The van der Waals surface area contributed by atoms with Gasteiger partial charge >= 0.3 is 6.18 Å². The molecule has 0 aliphatic carbocycles. The van der Waals surface area contributed by atoms with Crippen molar-refractivity contribution in [1.29, 1.82) is 0 Å². The number of likely N-dealkylation sites (tertiary alicyclic amines) is 1. The van der Waals surface area contributed by atoms with Crippen LogP contribution in [0.1, 0.15) is 61.2 Å². The normalized spacial score (nSPS) is 25.2. The van der Waals surface area contributed by atoms with Crippen LogP contribution in [0, 0.1) is 5.92 Å². The molecule has 180 valence electrons. The second-order valence-corrected chi connectivity index (χ2v) is 8.95. The predicted octanol–water partition coefficient (Wildman–Crippen LogP) is 4.82. The van der Waals surface area contributed by atoms with Gasteiger partial charge in [-0.05, 0) is 43.4 Å². The van der Waals surface area contributed by atoms with Crippen LogP contribution < -0.4 is 14.8 Å². The monoisotopic (exact) mass is 466 g/mol. The molecule has 0 radical (unpaired) electrons. The second kappa shape index (κ2) is 8.79. The molecule has 1 amide bonds. The maximum Gasteiger partial charge on any atom is 0.410 e. The Morgan fingerprint density at radius 3 is 2.52 bits per heavy atom. The van der Waals surface area contributed by atoms with Gasteiger partial charge in [-0.3, -0.25) is 4.79 Å². The molecule has 0 saturated carbocycles. The summed E-state index contributed by atoms with van der Waals surface area (Å²) >= 11 is 0. The highest BCUT2D eigenvalue weighted by Crippen LogP contribution is 2.44. The lowest BCUT2D eigenvalue weighted by Crippen LogP contribution is -2.45. The minimum atomic E-state index is -4.52. The first-order valence-corrected chi connectivity index (χ1v) is 11.1. The van der Waals surface area contributed by atoms with E-state index in [-0.39, 0.29) is 29.9 Å². The Morgan fingerprint density at radius 1 is 1.12 bits per heavy atom. The molecule has 0 bridgehead atoms. The summed E-state index contributed by atoms with van der Waals surface area (Å²) in [5, 5.41) is 7.26. The number of aromatic nitrogens is 2. The minimum absolute atomic E-state index is 0.0262. The second-order valence-electron chi connectivity index (χ2n) is 8.95. The van der Waals surface area contributed by atoms with Gasteiger partial charge in [0, 0.05) is 25.1 Å². The number of amides is 1. The van der Waals surface area contributed by atoms with Crippen LogP contribution in [0.15, 0.2) is 24.3 Å². The molecule has 2 aliphatic rings.